The molecule has 0 radical (unpaired) electrons. The highest BCUT2D eigenvalue weighted by molar-refractivity contribution is 4.53. The topological polar surface area (TPSA) is 21.3 Å². The zero-order valence-electron chi connectivity index (χ0n) is 8.18. The van der Waals surface area contributed by atoms with Gasteiger partial charge >= 0.3 is 0 Å². The van der Waals surface area contributed by atoms with E-state index in [0.29, 0.717) is 12.0 Å². The van der Waals surface area contributed by atoms with E-state index < -0.39 is 0 Å². The Hall–Kier alpha value is -0.0800. The molecule has 1 atom stereocenters. The highest BCUT2D eigenvalue weighted by atomic mass is 16.5. The van der Waals surface area contributed by atoms with Crippen LogP contribution in [0, 0.1) is 5.92 Å². The van der Waals surface area contributed by atoms with Crippen molar-refractivity contribution in [3.8, 4) is 0 Å². The number of ether oxygens (including phenoxy) is 1. The van der Waals surface area contributed by atoms with E-state index in [1.807, 2.05) is 7.05 Å². The van der Waals surface area contributed by atoms with Gasteiger partial charge in [0.1, 0.15) is 0 Å². The fourth-order valence-electron chi connectivity index (χ4n) is 0.831. The van der Waals surface area contributed by atoms with Crippen LogP contribution in [0.25, 0.3) is 0 Å². The smallest absolute Gasteiger partial charge is 0.0519 e. The van der Waals surface area contributed by atoms with Gasteiger partial charge in [-0.05, 0) is 39.8 Å². The van der Waals surface area contributed by atoms with E-state index in [0.717, 1.165) is 13.2 Å². The van der Waals surface area contributed by atoms with E-state index >= 15 is 0 Å². The quantitative estimate of drug-likeness (QED) is 0.636. The molecule has 0 bridgehead atoms. The molecule has 0 saturated carbocycles. The molecule has 0 rings (SSSR count). The third-order valence-corrected chi connectivity index (χ3v) is 1.60. The maximum absolute atomic E-state index is 5.47. The van der Waals surface area contributed by atoms with Crippen LogP contribution >= 0.6 is 0 Å². The number of rotatable bonds is 6. The first-order valence-electron chi connectivity index (χ1n) is 4.43. The Morgan fingerprint density at radius 3 is 2.36 bits per heavy atom. The van der Waals surface area contributed by atoms with E-state index in [-0.39, 0.29) is 0 Å². The second kappa shape index (κ2) is 6.62. The molecule has 0 saturated heterocycles. The van der Waals surface area contributed by atoms with Crippen molar-refractivity contribution in [3.63, 3.8) is 0 Å². The SMILES string of the molecule is CNCCC(C)COC(C)C. The van der Waals surface area contributed by atoms with Gasteiger partial charge in [0, 0.05) is 6.61 Å². The summed E-state index contributed by atoms with van der Waals surface area (Å²) in [4.78, 5) is 0. The molecular weight excluding hydrogens is 138 g/mol. The third-order valence-electron chi connectivity index (χ3n) is 1.60. The molecule has 0 aromatic carbocycles. The zero-order valence-corrected chi connectivity index (χ0v) is 8.18. The fourth-order valence-corrected chi connectivity index (χ4v) is 0.831. The molecule has 1 unspecified atom stereocenters. The monoisotopic (exact) mass is 159 g/mol. The van der Waals surface area contributed by atoms with Crippen molar-refractivity contribution < 1.29 is 4.74 Å². The second-order valence-electron chi connectivity index (χ2n) is 3.38. The molecule has 0 aliphatic heterocycles. The van der Waals surface area contributed by atoms with Crippen LogP contribution in [-0.2, 0) is 4.74 Å². The summed E-state index contributed by atoms with van der Waals surface area (Å²) in [6.45, 7) is 8.34. The van der Waals surface area contributed by atoms with Crippen molar-refractivity contribution in [3.05, 3.63) is 0 Å². The summed E-state index contributed by atoms with van der Waals surface area (Å²) in [6, 6.07) is 0. The number of nitrogens with one attached hydrogen (secondary N) is 1. The Kier molecular flexibility index (Phi) is 6.57. The zero-order chi connectivity index (χ0) is 8.69. The van der Waals surface area contributed by atoms with Crippen LogP contribution in [0.3, 0.4) is 0 Å². The predicted molar refractivity (Wildman–Crippen MR) is 48.8 cm³/mol. The van der Waals surface area contributed by atoms with Gasteiger partial charge in [0.25, 0.3) is 0 Å². The lowest BCUT2D eigenvalue weighted by atomic mass is 10.1. The molecule has 0 aliphatic rings. The largest absolute Gasteiger partial charge is 0.379 e. The molecule has 1 N–H and O–H groups in total. The Morgan fingerprint density at radius 2 is 1.91 bits per heavy atom. The van der Waals surface area contributed by atoms with Gasteiger partial charge in [0.2, 0.25) is 0 Å². The Balaban J connectivity index is 3.15. The van der Waals surface area contributed by atoms with Crippen LogP contribution in [0.15, 0.2) is 0 Å². The summed E-state index contributed by atoms with van der Waals surface area (Å²) in [5, 5.41) is 3.13. The van der Waals surface area contributed by atoms with Gasteiger partial charge in [-0.2, -0.15) is 0 Å². The Morgan fingerprint density at radius 1 is 1.27 bits per heavy atom. The predicted octanol–water partition coefficient (Wildman–Crippen LogP) is 1.66. The summed E-state index contributed by atoms with van der Waals surface area (Å²) >= 11 is 0. The van der Waals surface area contributed by atoms with Crippen LogP contribution in [0.1, 0.15) is 27.2 Å². The summed E-state index contributed by atoms with van der Waals surface area (Å²) < 4.78 is 5.47. The lowest BCUT2D eigenvalue weighted by Gasteiger charge is -2.13. The molecule has 68 valence electrons. The second-order valence-corrected chi connectivity index (χ2v) is 3.38. The molecule has 0 spiro atoms. The molecule has 0 heterocycles. The minimum Gasteiger partial charge on any atom is -0.379 e. The van der Waals surface area contributed by atoms with E-state index in [1.165, 1.54) is 6.42 Å². The highest BCUT2D eigenvalue weighted by Gasteiger charge is 2.02. The van der Waals surface area contributed by atoms with Crippen LogP contribution in [-0.4, -0.2) is 26.3 Å². The molecule has 0 fully saturated rings. The number of hydrogen-bond acceptors (Lipinski definition) is 2. The minimum absolute atomic E-state index is 0.368. The van der Waals surface area contributed by atoms with Gasteiger partial charge in [-0.1, -0.05) is 6.92 Å². The minimum atomic E-state index is 0.368. The molecule has 0 aromatic rings. The molecule has 0 aliphatic carbocycles. The average Bonchev–Trinajstić information content (AvgIpc) is 1.97. The normalized spacial score (nSPS) is 13.9. The van der Waals surface area contributed by atoms with Gasteiger partial charge in [0.05, 0.1) is 6.10 Å². The molecule has 2 nitrogen and oxygen atoms in total. The molecular formula is C9H21NO. The third kappa shape index (κ3) is 7.82. The van der Waals surface area contributed by atoms with Crippen molar-refractivity contribution >= 4 is 0 Å². The van der Waals surface area contributed by atoms with Crippen molar-refractivity contribution in [2.75, 3.05) is 20.2 Å². The van der Waals surface area contributed by atoms with Crippen molar-refractivity contribution in [1.82, 2.24) is 5.32 Å². The first-order valence-corrected chi connectivity index (χ1v) is 4.43. The first-order chi connectivity index (χ1) is 5.16. The molecule has 0 amide bonds. The van der Waals surface area contributed by atoms with Crippen molar-refractivity contribution in [2.24, 2.45) is 5.92 Å². The maximum Gasteiger partial charge on any atom is 0.0519 e. The van der Waals surface area contributed by atoms with Crippen molar-refractivity contribution in [1.29, 1.82) is 0 Å². The molecule has 11 heavy (non-hydrogen) atoms. The Labute approximate surface area is 70.3 Å². The van der Waals surface area contributed by atoms with Gasteiger partial charge in [0.15, 0.2) is 0 Å². The summed E-state index contributed by atoms with van der Waals surface area (Å²) in [5.41, 5.74) is 0. The summed E-state index contributed by atoms with van der Waals surface area (Å²) in [7, 11) is 1.98. The van der Waals surface area contributed by atoms with Gasteiger partial charge in [-0.15, -0.1) is 0 Å². The lowest BCUT2D eigenvalue weighted by molar-refractivity contribution is 0.0535. The van der Waals surface area contributed by atoms with E-state index in [9.17, 15) is 0 Å². The van der Waals surface area contributed by atoms with Crippen LogP contribution in [0.5, 0.6) is 0 Å². The van der Waals surface area contributed by atoms with E-state index in [2.05, 4.69) is 26.1 Å². The maximum atomic E-state index is 5.47. The summed E-state index contributed by atoms with van der Waals surface area (Å²) in [5.74, 6) is 0.671. The van der Waals surface area contributed by atoms with Crippen molar-refractivity contribution in [2.45, 2.75) is 33.3 Å². The molecule has 0 aromatic heterocycles. The van der Waals surface area contributed by atoms with Crippen LogP contribution < -0.4 is 5.32 Å². The fraction of sp³-hybridized carbons (Fsp3) is 1.00. The average molecular weight is 159 g/mol. The van der Waals surface area contributed by atoms with E-state index in [1.54, 1.807) is 0 Å². The molecule has 2 heteroatoms. The standard InChI is InChI=1S/C9H21NO/c1-8(2)11-7-9(3)5-6-10-4/h8-10H,5-7H2,1-4H3. The van der Waals surface area contributed by atoms with Gasteiger partial charge in [-0.3, -0.25) is 0 Å². The highest BCUT2D eigenvalue weighted by Crippen LogP contribution is 2.02. The number of hydrogen-bond donors (Lipinski definition) is 1. The Bertz CT molecular complexity index is 83.6. The van der Waals surface area contributed by atoms with Crippen LogP contribution in [0.4, 0.5) is 0 Å². The van der Waals surface area contributed by atoms with Gasteiger partial charge in [-0.25, -0.2) is 0 Å². The lowest BCUT2D eigenvalue weighted by Crippen LogP contribution is -2.16. The van der Waals surface area contributed by atoms with E-state index in [4.69, 9.17) is 4.74 Å². The van der Waals surface area contributed by atoms with Crippen LogP contribution in [0.2, 0.25) is 0 Å². The van der Waals surface area contributed by atoms with Gasteiger partial charge < -0.3 is 10.1 Å². The first kappa shape index (κ1) is 10.9. The summed E-state index contributed by atoms with van der Waals surface area (Å²) in [6.07, 6.45) is 1.57.